The third-order valence-corrected chi connectivity index (χ3v) is 2.81. The van der Waals surface area contributed by atoms with Crippen LogP contribution in [0.1, 0.15) is 12.7 Å². The number of benzene rings is 1. The molecule has 1 aromatic carbocycles. The Bertz CT molecular complexity index is 625. The second kappa shape index (κ2) is 7.19. The van der Waals surface area contributed by atoms with Gasteiger partial charge in [-0.05, 0) is 19.1 Å². The highest BCUT2D eigenvalue weighted by Crippen LogP contribution is 2.24. The van der Waals surface area contributed by atoms with E-state index in [4.69, 9.17) is 21.1 Å². The Balaban J connectivity index is 2.24. The molecule has 0 spiro atoms. The molecule has 2 aromatic rings. The molecule has 7 heteroatoms. The zero-order valence-corrected chi connectivity index (χ0v) is 12.4. The molecule has 21 heavy (non-hydrogen) atoms. The normalized spacial score (nSPS) is 10.5. The van der Waals surface area contributed by atoms with E-state index < -0.39 is 5.82 Å². The van der Waals surface area contributed by atoms with Crippen molar-refractivity contribution in [3.8, 4) is 5.75 Å². The highest BCUT2D eigenvalue weighted by molar-refractivity contribution is 6.29. The van der Waals surface area contributed by atoms with Gasteiger partial charge in [-0.25, -0.2) is 14.4 Å². The van der Waals surface area contributed by atoms with Gasteiger partial charge in [0, 0.05) is 18.7 Å². The van der Waals surface area contributed by atoms with Crippen LogP contribution in [0.4, 0.5) is 15.9 Å². The molecule has 0 fully saturated rings. The number of anilines is 2. The topological polar surface area (TPSA) is 56.3 Å². The second-order valence-corrected chi connectivity index (χ2v) is 4.49. The van der Waals surface area contributed by atoms with Crippen molar-refractivity contribution in [1.82, 2.24) is 9.97 Å². The molecule has 0 radical (unpaired) electrons. The van der Waals surface area contributed by atoms with Crippen LogP contribution in [0.25, 0.3) is 0 Å². The van der Waals surface area contributed by atoms with Gasteiger partial charge in [-0.1, -0.05) is 11.6 Å². The van der Waals surface area contributed by atoms with Crippen molar-refractivity contribution in [2.45, 2.75) is 13.5 Å². The van der Waals surface area contributed by atoms with Crippen LogP contribution >= 0.6 is 11.6 Å². The van der Waals surface area contributed by atoms with Crippen LogP contribution in [0, 0.1) is 5.82 Å². The average molecular weight is 312 g/mol. The first kappa shape index (κ1) is 15.5. The number of aromatic nitrogens is 2. The van der Waals surface area contributed by atoms with Gasteiger partial charge in [0.2, 0.25) is 0 Å². The van der Waals surface area contributed by atoms with Gasteiger partial charge in [-0.3, -0.25) is 0 Å². The van der Waals surface area contributed by atoms with E-state index in [0.29, 0.717) is 24.0 Å². The predicted molar refractivity (Wildman–Crippen MR) is 78.6 cm³/mol. The van der Waals surface area contributed by atoms with Crippen molar-refractivity contribution in [2.75, 3.05) is 19.0 Å². The number of nitrogens with zero attached hydrogens (tertiary/aromatic N) is 2. The minimum absolute atomic E-state index is 0.242. The summed E-state index contributed by atoms with van der Waals surface area (Å²) < 4.78 is 24.1. The molecule has 0 unspecified atom stereocenters. The summed E-state index contributed by atoms with van der Waals surface area (Å²) in [5, 5.41) is 3.11. The van der Waals surface area contributed by atoms with Gasteiger partial charge in [-0.2, -0.15) is 0 Å². The number of ether oxygens (including phenoxy) is 2. The smallest absolute Gasteiger partial charge is 0.158 e. The molecule has 0 saturated heterocycles. The first-order chi connectivity index (χ1) is 10.1. The van der Waals surface area contributed by atoms with Gasteiger partial charge < -0.3 is 14.8 Å². The number of methoxy groups -OCH3 is 1. The van der Waals surface area contributed by atoms with Crippen LogP contribution in [0.5, 0.6) is 5.75 Å². The van der Waals surface area contributed by atoms with Crippen LogP contribution in [0.3, 0.4) is 0 Å². The van der Waals surface area contributed by atoms with Crippen LogP contribution in [0.2, 0.25) is 5.15 Å². The molecule has 0 aliphatic carbocycles. The van der Waals surface area contributed by atoms with Gasteiger partial charge in [0.15, 0.2) is 5.82 Å². The summed E-state index contributed by atoms with van der Waals surface area (Å²) in [5.41, 5.74) is 0.242. The maximum absolute atomic E-state index is 13.8. The third-order valence-electron chi connectivity index (χ3n) is 2.61. The summed E-state index contributed by atoms with van der Waals surface area (Å²) >= 11 is 5.93. The van der Waals surface area contributed by atoms with Crippen LogP contribution in [-0.4, -0.2) is 23.7 Å². The molecule has 0 saturated carbocycles. The van der Waals surface area contributed by atoms with Gasteiger partial charge >= 0.3 is 0 Å². The summed E-state index contributed by atoms with van der Waals surface area (Å²) in [4.78, 5) is 8.26. The molecule has 0 aliphatic heterocycles. The van der Waals surface area contributed by atoms with E-state index in [1.54, 1.807) is 0 Å². The summed E-state index contributed by atoms with van der Waals surface area (Å²) in [6.07, 6.45) is 0. The van der Waals surface area contributed by atoms with Crippen molar-refractivity contribution in [3.05, 3.63) is 41.1 Å². The molecular weight excluding hydrogens is 297 g/mol. The lowest BCUT2D eigenvalue weighted by Gasteiger charge is -2.10. The Kier molecular flexibility index (Phi) is 5.30. The largest absolute Gasteiger partial charge is 0.497 e. The van der Waals surface area contributed by atoms with Gasteiger partial charge in [-0.15, -0.1) is 0 Å². The minimum atomic E-state index is -0.420. The van der Waals surface area contributed by atoms with Gasteiger partial charge in [0.25, 0.3) is 0 Å². The number of hydrogen-bond donors (Lipinski definition) is 1. The molecule has 1 heterocycles. The monoisotopic (exact) mass is 311 g/mol. The lowest BCUT2D eigenvalue weighted by atomic mass is 10.3. The SMILES string of the molecule is CCOCc1nc(Cl)cc(Nc2cc(OC)ccc2F)n1. The Labute approximate surface area is 127 Å². The predicted octanol–water partition coefficient (Wildman–Crippen LogP) is 3.56. The zero-order chi connectivity index (χ0) is 15.2. The molecule has 1 aromatic heterocycles. The van der Waals surface area contributed by atoms with Crippen LogP contribution in [-0.2, 0) is 11.3 Å². The lowest BCUT2D eigenvalue weighted by Crippen LogP contribution is -2.03. The Hall–Kier alpha value is -1.92. The van der Waals surface area contributed by atoms with Crippen molar-refractivity contribution >= 4 is 23.1 Å². The number of rotatable bonds is 6. The molecule has 2 rings (SSSR count). The number of halogens is 2. The molecule has 1 N–H and O–H groups in total. The zero-order valence-electron chi connectivity index (χ0n) is 11.7. The fourth-order valence-corrected chi connectivity index (χ4v) is 1.85. The molecular formula is C14H15ClFN3O2. The maximum Gasteiger partial charge on any atom is 0.158 e. The van der Waals surface area contributed by atoms with E-state index in [-0.39, 0.29) is 17.4 Å². The minimum Gasteiger partial charge on any atom is -0.497 e. The van der Waals surface area contributed by atoms with Gasteiger partial charge in [0.05, 0.1) is 12.8 Å². The molecule has 0 aliphatic rings. The molecule has 5 nitrogen and oxygen atoms in total. The van der Waals surface area contributed by atoms with Gasteiger partial charge in [0.1, 0.15) is 29.1 Å². The first-order valence-electron chi connectivity index (χ1n) is 6.34. The highest BCUT2D eigenvalue weighted by Gasteiger charge is 2.08. The second-order valence-electron chi connectivity index (χ2n) is 4.10. The summed E-state index contributed by atoms with van der Waals surface area (Å²) in [7, 11) is 1.51. The van der Waals surface area contributed by atoms with Crippen molar-refractivity contribution in [1.29, 1.82) is 0 Å². The fraction of sp³-hybridized carbons (Fsp3) is 0.286. The Morgan fingerprint density at radius 2 is 2.10 bits per heavy atom. The van der Waals surface area contributed by atoms with Crippen molar-refractivity contribution < 1.29 is 13.9 Å². The van der Waals surface area contributed by atoms with Crippen molar-refractivity contribution in [3.63, 3.8) is 0 Å². The standard InChI is InChI=1S/C14H15ClFN3O2/c1-3-21-8-14-18-12(15)7-13(19-14)17-11-6-9(20-2)4-5-10(11)16/h4-7H,3,8H2,1-2H3,(H,17,18,19). The quantitative estimate of drug-likeness (QED) is 0.827. The summed E-state index contributed by atoms with van der Waals surface area (Å²) in [6, 6.07) is 5.89. The lowest BCUT2D eigenvalue weighted by molar-refractivity contribution is 0.128. The Morgan fingerprint density at radius 1 is 1.29 bits per heavy atom. The maximum atomic E-state index is 13.8. The number of nitrogens with one attached hydrogen (secondary N) is 1. The number of hydrogen-bond acceptors (Lipinski definition) is 5. The molecule has 0 amide bonds. The van der Waals surface area contributed by atoms with E-state index in [0.717, 1.165) is 0 Å². The molecule has 0 bridgehead atoms. The Morgan fingerprint density at radius 3 is 2.81 bits per heavy atom. The average Bonchev–Trinajstić information content (AvgIpc) is 2.47. The molecule has 112 valence electrons. The summed E-state index contributed by atoms with van der Waals surface area (Å²) in [5.74, 6) is 0.928. The third kappa shape index (κ3) is 4.27. The summed E-state index contributed by atoms with van der Waals surface area (Å²) in [6.45, 7) is 2.66. The van der Waals surface area contributed by atoms with Crippen LogP contribution in [0.15, 0.2) is 24.3 Å². The fourth-order valence-electron chi connectivity index (χ4n) is 1.65. The van der Waals surface area contributed by atoms with E-state index in [2.05, 4.69) is 15.3 Å². The van der Waals surface area contributed by atoms with Crippen molar-refractivity contribution in [2.24, 2.45) is 0 Å². The van der Waals surface area contributed by atoms with E-state index >= 15 is 0 Å². The first-order valence-corrected chi connectivity index (χ1v) is 6.72. The van der Waals surface area contributed by atoms with E-state index in [9.17, 15) is 4.39 Å². The molecule has 0 atom stereocenters. The van der Waals surface area contributed by atoms with Crippen LogP contribution < -0.4 is 10.1 Å². The van der Waals surface area contributed by atoms with E-state index in [1.165, 1.54) is 31.4 Å². The van der Waals surface area contributed by atoms with E-state index in [1.807, 2.05) is 6.92 Å². The highest BCUT2D eigenvalue weighted by atomic mass is 35.5.